The Labute approximate surface area is 178 Å². The molecule has 1 aliphatic rings. The molecular formula is C20H27Cl2N3O3. The number of aliphatic hydroxyl groups excluding tert-OH is 1. The third-order valence-electron chi connectivity index (χ3n) is 4.51. The molecule has 0 aliphatic carbocycles. The first-order valence-corrected chi connectivity index (χ1v) is 8.85. The number of nitrogens with two attached hydrogens (primary N) is 1. The van der Waals surface area contributed by atoms with Crippen molar-refractivity contribution in [2.24, 2.45) is 0 Å². The molecule has 1 amide bonds. The molecule has 3 N–H and O–H groups in total. The number of ether oxygens (including phenoxy) is 1. The van der Waals surface area contributed by atoms with Crippen LogP contribution >= 0.6 is 24.8 Å². The maximum atomic E-state index is 12.6. The summed E-state index contributed by atoms with van der Waals surface area (Å²) in [7, 11) is 0. The molecule has 1 saturated heterocycles. The summed E-state index contributed by atoms with van der Waals surface area (Å²) < 4.78 is 5.58. The number of anilines is 1. The maximum absolute atomic E-state index is 12.6. The van der Waals surface area contributed by atoms with Crippen molar-refractivity contribution in [3.63, 3.8) is 0 Å². The molecule has 0 aromatic heterocycles. The van der Waals surface area contributed by atoms with Crippen LogP contribution in [0.25, 0.3) is 0 Å². The van der Waals surface area contributed by atoms with Crippen molar-refractivity contribution in [2.45, 2.75) is 6.10 Å². The molecule has 0 radical (unpaired) electrons. The van der Waals surface area contributed by atoms with Crippen molar-refractivity contribution >= 4 is 36.4 Å². The molecule has 2 aromatic carbocycles. The summed E-state index contributed by atoms with van der Waals surface area (Å²) in [5.41, 5.74) is 6.96. The Bertz CT molecular complexity index is 726. The maximum Gasteiger partial charge on any atom is 0.256 e. The summed E-state index contributed by atoms with van der Waals surface area (Å²) in [6.45, 7) is 3.48. The van der Waals surface area contributed by atoms with Gasteiger partial charge in [0.25, 0.3) is 5.91 Å². The zero-order valence-electron chi connectivity index (χ0n) is 15.6. The number of nitrogens with zero attached hydrogens (tertiary/aromatic N) is 2. The van der Waals surface area contributed by atoms with Crippen molar-refractivity contribution in [1.82, 2.24) is 9.80 Å². The molecule has 28 heavy (non-hydrogen) atoms. The third kappa shape index (κ3) is 6.56. The highest BCUT2D eigenvalue weighted by molar-refractivity contribution is 5.99. The fraction of sp³-hybridized carbons (Fsp3) is 0.350. The van der Waals surface area contributed by atoms with Crippen LogP contribution in [0.1, 0.15) is 10.4 Å². The summed E-state index contributed by atoms with van der Waals surface area (Å²) in [5, 5.41) is 10.2. The van der Waals surface area contributed by atoms with Crippen LogP contribution in [0.3, 0.4) is 0 Å². The van der Waals surface area contributed by atoms with Crippen LogP contribution < -0.4 is 10.5 Å². The smallest absolute Gasteiger partial charge is 0.256 e. The molecule has 0 saturated carbocycles. The first-order valence-electron chi connectivity index (χ1n) is 8.85. The topological polar surface area (TPSA) is 79.0 Å². The Morgan fingerprint density at radius 1 is 1.00 bits per heavy atom. The number of nitrogen functional groups attached to an aromatic ring is 1. The zero-order chi connectivity index (χ0) is 18.4. The lowest BCUT2D eigenvalue weighted by Crippen LogP contribution is -2.51. The number of piperazine rings is 1. The van der Waals surface area contributed by atoms with Gasteiger partial charge in [0.15, 0.2) is 0 Å². The summed E-state index contributed by atoms with van der Waals surface area (Å²) >= 11 is 0. The predicted molar refractivity (Wildman–Crippen MR) is 116 cm³/mol. The Balaban J connectivity index is 0.00000196. The molecule has 1 atom stereocenters. The van der Waals surface area contributed by atoms with Gasteiger partial charge in [-0.15, -0.1) is 24.8 Å². The van der Waals surface area contributed by atoms with E-state index < -0.39 is 6.10 Å². The molecule has 2 aromatic rings. The van der Waals surface area contributed by atoms with E-state index in [9.17, 15) is 9.90 Å². The number of hydrogen-bond donors (Lipinski definition) is 2. The molecule has 8 heteroatoms. The number of hydrogen-bond acceptors (Lipinski definition) is 5. The summed E-state index contributed by atoms with van der Waals surface area (Å²) in [5.74, 6) is 0.720. The minimum absolute atomic E-state index is 0. The second-order valence-electron chi connectivity index (χ2n) is 6.46. The molecule has 3 rings (SSSR count). The highest BCUT2D eigenvalue weighted by Crippen LogP contribution is 2.15. The molecule has 154 valence electrons. The highest BCUT2D eigenvalue weighted by atomic mass is 35.5. The van der Waals surface area contributed by atoms with Gasteiger partial charge in [-0.3, -0.25) is 9.69 Å². The van der Waals surface area contributed by atoms with Gasteiger partial charge >= 0.3 is 0 Å². The molecule has 1 unspecified atom stereocenters. The second kappa shape index (κ2) is 11.8. The van der Waals surface area contributed by atoms with Gasteiger partial charge in [-0.2, -0.15) is 0 Å². The van der Waals surface area contributed by atoms with Gasteiger partial charge in [-0.1, -0.05) is 30.3 Å². The lowest BCUT2D eigenvalue weighted by atomic mass is 10.1. The van der Waals surface area contributed by atoms with Gasteiger partial charge in [-0.05, 0) is 24.3 Å². The Kier molecular flexibility index (Phi) is 10.1. The van der Waals surface area contributed by atoms with Crippen LogP contribution in [0.15, 0.2) is 54.6 Å². The number of benzene rings is 2. The molecule has 6 nitrogen and oxygen atoms in total. The number of rotatable bonds is 6. The van der Waals surface area contributed by atoms with E-state index in [1.807, 2.05) is 47.4 Å². The standard InChI is InChI=1S/C20H25N3O3.2ClH/c21-19-9-5-4-8-18(19)20(25)23-12-10-22(11-13-23)14-16(24)15-26-17-6-2-1-3-7-17;;/h1-9,16,24H,10-15,21H2;2*1H. The Hall–Kier alpha value is -1.99. The van der Waals surface area contributed by atoms with Crippen LogP contribution in [0, 0.1) is 0 Å². The van der Waals surface area contributed by atoms with Crippen molar-refractivity contribution < 1.29 is 14.6 Å². The fourth-order valence-electron chi connectivity index (χ4n) is 3.06. The van der Waals surface area contributed by atoms with Crippen LogP contribution in [0.4, 0.5) is 5.69 Å². The highest BCUT2D eigenvalue weighted by Gasteiger charge is 2.24. The number of β-amino-alcohol motifs (C(OH)–C–C–N with tert-alkyl or cyclic N) is 1. The van der Waals surface area contributed by atoms with Crippen molar-refractivity contribution in [3.8, 4) is 5.75 Å². The van der Waals surface area contributed by atoms with E-state index in [1.54, 1.807) is 12.1 Å². The number of carbonyl (C=O) groups is 1. The summed E-state index contributed by atoms with van der Waals surface area (Å²) in [6.07, 6.45) is -0.567. The number of aliphatic hydroxyl groups is 1. The third-order valence-corrected chi connectivity index (χ3v) is 4.51. The summed E-state index contributed by atoms with van der Waals surface area (Å²) in [4.78, 5) is 16.5. The molecule has 1 aliphatic heterocycles. The van der Waals surface area contributed by atoms with Crippen LogP contribution in [-0.2, 0) is 0 Å². The van der Waals surface area contributed by atoms with E-state index in [4.69, 9.17) is 10.5 Å². The largest absolute Gasteiger partial charge is 0.491 e. The number of amides is 1. The van der Waals surface area contributed by atoms with Crippen molar-refractivity contribution in [1.29, 1.82) is 0 Å². The molecule has 1 fully saturated rings. The van der Waals surface area contributed by atoms with E-state index in [0.29, 0.717) is 30.9 Å². The van der Waals surface area contributed by atoms with Gasteiger partial charge in [0.05, 0.1) is 5.56 Å². The van der Waals surface area contributed by atoms with Crippen molar-refractivity contribution in [2.75, 3.05) is 45.1 Å². The van der Waals surface area contributed by atoms with Crippen LogP contribution in [-0.4, -0.2) is 66.2 Å². The Morgan fingerprint density at radius 3 is 2.25 bits per heavy atom. The number of para-hydroxylation sites is 2. The van der Waals surface area contributed by atoms with Gasteiger partial charge in [0.1, 0.15) is 18.5 Å². The monoisotopic (exact) mass is 427 g/mol. The minimum Gasteiger partial charge on any atom is -0.491 e. The van der Waals surface area contributed by atoms with E-state index in [1.165, 1.54) is 0 Å². The normalized spacial score (nSPS) is 15.1. The first kappa shape index (κ1) is 24.0. The molecule has 1 heterocycles. The van der Waals surface area contributed by atoms with Gasteiger partial charge in [-0.25, -0.2) is 0 Å². The fourth-order valence-corrected chi connectivity index (χ4v) is 3.06. The van der Waals surface area contributed by atoms with Gasteiger partial charge in [0, 0.05) is 38.4 Å². The molecular weight excluding hydrogens is 401 g/mol. The first-order chi connectivity index (χ1) is 12.6. The Morgan fingerprint density at radius 2 is 1.61 bits per heavy atom. The van der Waals surface area contributed by atoms with Gasteiger partial charge < -0.3 is 20.5 Å². The summed E-state index contributed by atoms with van der Waals surface area (Å²) in [6, 6.07) is 16.6. The van der Waals surface area contributed by atoms with E-state index in [-0.39, 0.29) is 37.3 Å². The molecule has 0 spiro atoms. The lowest BCUT2D eigenvalue weighted by molar-refractivity contribution is 0.0404. The second-order valence-corrected chi connectivity index (χ2v) is 6.46. The number of halogens is 2. The number of carbonyl (C=O) groups excluding carboxylic acids is 1. The SMILES string of the molecule is Cl.Cl.Nc1ccccc1C(=O)N1CCN(CC(O)COc2ccccc2)CC1. The zero-order valence-corrected chi connectivity index (χ0v) is 17.2. The average molecular weight is 428 g/mol. The predicted octanol–water partition coefficient (Wildman–Crippen LogP) is 2.31. The van der Waals surface area contributed by atoms with Crippen molar-refractivity contribution in [3.05, 3.63) is 60.2 Å². The van der Waals surface area contributed by atoms with E-state index in [0.717, 1.165) is 18.8 Å². The van der Waals surface area contributed by atoms with E-state index in [2.05, 4.69) is 4.90 Å². The van der Waals surface area contributed by atoms with E-state index >= 15 is 0 Å². The van der Waals surface area contributed by atoms with Gasteiger partial charge in [0.2, 0.25) is 0 Å². The lowest BCUT2D eigenvalue weighted by Gasteiger charge is -2.35. The van der Waals surface area contributed by atoms with Crippen LogP contribution in [0.2, 0.25) is 0 Å². The molecule has 0 bridgehead atoms. The average Bonchev–Trinajstić information content (AvgIpc) is 2.68. The minimum atomic E-state index is -0.567. The van der Waals surface area contributed by atoms with Crippen LogP contribution in [0.5, 0.6) is 5.75 Å². The quantitative estimate of drug-likeness (QED) is 0.691.